The van der Waals surface area contributed by atoms with E-state index in [-0.39, 0.29) is 24.0 Å². The summed E-state index contributed by atoms with van der Waals surface area (Å²) in [5, 5.41) is 2.58. The molecule has 28 heavy (non-hydrogen) atoms. The van der Waals surface area contributed by atoms with Gasteiger partial charge >= 0.3 is 5.69 Å². The van der Waals surface area contributed by atoms with Crippen molar-refractivity contribution in [3.05, 3.63) is 70.1 Å². The van der Waals surface area contributed by atoms with Crippen molar-refractivity contribution in [3.8, 4) is 0 Å². The van der Waals surface area contributed by atoms with E-state index in [4.69, 9.17) is 0 Å². The number of hydrogen-bond acceptors (Lipinski definition) is 3. The summed E-state index contributed by atoms with van der Waals surface area (Å²) in [6.07, 6.45) is 0. The quantitative estimate of drug-likeness (QED) is 0.709. The molecule has 146 valence electrons. The van der Waals surface area contributed by atoms with Crippen LogP contribution in [0.1, 0.15) is 22.8 Å². The van der Waals surface area contributed by atoms with E-state index in [9.17, 15) is 14.4 Å². The molecule has 0 fully saturated rings. The molecule has 0 unspecified atom stereocenters. The summed E-state index contributed by atoms with van der Waals surface area (Å²) in [4.78, 5) is 38.6. The second-order valence-corrected chi connectivity index (χ2v) is 6.63. The summed E-state index contributed by atoms with van der Waals surface area (Å²) in [5.74, 6) is -0.306. The van der Waals surface area contributed by atoms with E-state index in [2.05, 4.69) is 5.32 Å². The number of fused-ring (bicyclic) bond motifs is 1. The molecule has 1 aromatic heterocycles. The Labute approximate surface area is 163 Å². The zero-order valence-electron chi connectivity index (χ0n) is 16.3. The van der Waals surface area contributed by atoms with Crippen LogP contribution in [-0.4, -0.2) is 39.9 Å². The van der Waals surface area contributed by atoms with Crippen molar-refractivity contribution in [2.45, 2.75) is 26.6 Å². The second kappa shape index (κ2) is 8.12. The topological polar surface area (TPSA) is 76.3 Å². The predicted molar refractivity (Wildman–Crippen MR) is 108 cm³/mol. The van der Waals surface area contributed by atoms with E-state index in [1.54, 1.807) is 35.7 Å². The molecule has 1 heterocycles. The zero-order chi connectivity index (χ0) is 20.3. The Morgan fingerprint density at radius 2 is 1.61 bits per heavy atom. The van der Waals surface area contributed by atoms with E-state index in [0.717, 1.165) is 16.6 Å². The van der Waals surface area contributed by atoms with Crippen LogP contribution in [0.3, 0.4) is 0 Å². The number of likely N-dealkylation sites (N-methyl/N-ethyl adjacent to an activating group) is 1. The van der Waals surface area contributed by atoms with E-state index >= 15 is 0 Å². The molecule has 1 N–H and O–H groups in total. The molecule has 2 amide bonds. The summed E-state index contributed by atoms with van der Waals surface area (Å²) in [6, 6.07) is 14.6. The van der Waals surface area contributed by atoms with Gasteiger partial charge in [-0.3, -0.25) is 18.7 Å². The van der Waals surface area contributed by atoms with Crippen molar-refractivity contribution >= 4 is 22.8 Å². The van der Waals surface area contributed by atoms with Gasteiger partial charge in [0, 0.05) is 32.7 Å². The molecule has 0 saturated carbocycles. The number of nitrogens with zero attached hydrogens (tertiary/aromatic N) is 3. The van der Waals surface area contributed by atoms with E-state index < -0.39 is 0 Å². The van der Waals surface area contributed by atoms with Crippen molar-refractivity contribution in [2.75, 3.05) is 14.1 Å². The van der Waals surface area contributed by atoms with Gasteiger partial charge in [0.05, 0.1) is 11.0 Å². The summed E-state index contributed by atoms with van der Waals surface area (Å²) in [6.45, 7) is 2.84. The van der Waals surface area contributed by atoms with Crippen LogP contribution >= 0.6 is 0 Å². The largest absolute Gasteiger partial charge is 0.355 e. The highest BCUT2D eigenvalue weighted by molar-refractivity contribution is 5.93. The molecule has 7 heteroatoms. The Morgan fingerprint density at radius 3 is 2.18 bits per heavy atom. The highest BCUT2D eigenvalue weighted by Crippen LogP contribution is 2.13. The first-order valence-corrected chi connectivity index (χ1v) is 9.19. The standard InChI is InChI=1S/C21H24N4O3/c1-4-24-17-7-5-6-8-18(17)25(21(24)28)14-19(26)23(3)13-15-9-11-16(12-10-15)20(27)22-2/h5-12H,4,13-14H2,1-3H3,(H,22,27). The molecule has 2 aromatic carbocycles. The number of aryl methyl sites for hydroxylation is 1. The number of carbonyl (C=O) groups excluding carboxylic acids is 2. The maximum atomic E-state index is 12.7. The summed E-state index contributed by atoms with van der Waals surface area (Å²) >= 11 is 0. The first-order chi connectivity index (χ1) is 13.5. The Bertz CT molecular complexity index is 1060. The van der Waals surface area contributed by atoms with Gasteiger partial charge in [0.2, 0.25) is 5.91 Å². The number of carbonyl (C=O) groups is 2. The maximum Gasteiger partial charge on any atom is 0.329 e. The summed E-state index contributed by atoms with van der Waals surface area (Å²) in [7, 11) is 3.29. The zero-order valence-corrected chi connectivity index (χ0v) is 16.3. The number of benzene rings is 2. The molecular formula is C21H24N4O3. The number of nitrogens with one attached hydrogen (secondary N) is 1. The Balaban J connectivity index is 1.76. The number of rotatable bonds is 6. The maximum absolute atomic E-state index is 12.7. The van der Waals surface area contributed by atoms with Gasteiger partial charge in [-0.15, -0.1) is 0 Å². The number of aromatic nitrogens is 2. The SMILES string of the molecule is CCn1c(=O)n(CC(=O)N(C)Cc2ccc(C(=O)NC)cc2)c2ccccc21. The molecule has 0 saturated heterocycles. The fourth-order valence-electron chi connectivity index (χ4n) is 3.25. The number of amides is 2. The van der Waals surface area contributed by atoms with Gasteiger partial charge in [-0.2, -0.15) is 0 Å². The Kier molecular flexibility index (Phi) is 5.63. The normalized spacial score (nSPS) is 10.8. The van der Waals surface area contributed by atoms with E-state index in [1.807, 2.05) is 43.3 Å². The first-order valence-electron chi connectivity index (χ1n) is 9.19. The van der Waals surface area contributed by atoms with Gasteiger partial charge in [-0.25, -0.2) is 4.79 Å². The molecular weight excluding hydrogens is 356 g/mol. The summed E-state index contributed by atoms with van der Waals surface area (Å²) < 4.78 is 3.19. The molecule has 0 bridgehead atoms. The van der Waals surface area contributed by atoms with Crippen molar-refractivity contribution in [1.29, 1.82) is 0 Å². The molecule has 0 spiro atoms. The van der Waals surface area contributed by atoms with Crippen molar-refractivity contribution < 1.29 is 9.59 Å². The van der Waals surface area contributed by atoms with E-state index in [1.165, 1.54) is 4.57 Å². The molecule has 0 aliphatic carbocycles. The molecule has 3 aromatic rings. The summed E-state index contributed by atoms with van der Waals surface area (Å²) in [5.41, 5.74) is 2.88. The first kappa shape index (κ1) is 19.4. The van der Waals surface area contributed by atoms with Crippen molar-refractivity contribution in [3.63, 3.8) is 0 Å². The minimum absolute atomic E-state index is 0.0147. The second-order valence-electron chi connectivity index (χ2n) is 6.63. The van der Waals surface area contributed by atoms with Crippen LogP contribution in [0, 0.1) is 0 Å². The minimum Gasteiger partial charge on any atom is -0.355 e. The lowest BCUT2D eigenvalue weighted by molar-refractivity contribution is -0.131. The van der Waals surface area contributed by atoms with Crippen LogP contribution in [-0.2, 0) is 24.4 Å². The lowest BCUT2D eigenvalue weighted by Gasteiger charge is -2.18. The van der Waals surface area contributed by atoms with Gasteiger partial charge in [0.25, 0.3) is 5.91 Å². The van der Waals surface area contributed by atoms with Crippen LogP contribution in [0.4, 0.5) is 0 Å². The van der Waals surface area contributed by atoms with Gasteiger partial charge in [0.1, 0.15) is 6.54 Å². The third-order valence-electron chi connectivity index (χ3n) is 4.82. The highest BCUT2D eigenvalue weighted by atomic mass is 16.2. The molecule has 0 radical (unpaired) electrons. The van der Waals surface area contributed by atoms with Crippen LogP contribution in [0.2, 0.25) is 0 Å². The number of para-hydroxylation sites is 2. The van der Waals surface area contributed by atoms with Crippen LogP contribution in [0.25, 0.3) is 11.0 Å². The monoisotopic (exact) mass is 380 g/mol. The van der Waals surface area contributed by atoms with Crippen molar-refractivity contribution in [1.82, 2.24) is 19.4 Å². The predicted octanol–water partition coefficient (Wildman–Crippen LogP) is 1.84. The molecule has 7 nitrogen and oxygen atoms in total. The molecule has 0 aliphatic rings. The van der Waals surface area contributed by atoms with Gasteiger partial charge in [-0.1, -0.05) is 24.3 Å². The molecule has 3 rings (SSSR count). The molecule has 0 atom stereocenters. The number of imidazole rings is 1. The smallest absolute Gasteiger partial charge is 0.329 e. The third-order valence-corrected chi connectivity index (χ3v) is 4.82. The van der Waals surface area contributed by atoms with Gasteiger partial charge in [0.15, 0.2) is 0 Å². The van der Waals surface area contributed by atoms with E-state index in [0.29, 0.717) is 18.7 Å². The fraction of sp³-hybridized carbons (Fsp3) is 0.286. The van der Waals surface area contributed by atoms with Crippen LogP contribution in [0.5, 0.6) is 0 Å². The lowest BCUT2D eigenvalue weighted by atomic mass is 10.1. The highest BCUT2D eigenvalue weighted by Gasteiger charge is 2.17. The fourth-order valence-corrected chi connectivity index (χ4v) is 3.25. The lowest BCUT2D eigenvalue weighted by Crippen LogP contribution is -2.34. The Hall–Kier alpha value is -3.35. The van der Waals surface area contributed by atoms with Gasteiger partial charge < -0.3 is 10.2 Å². The third kappa shape index (κ3) is 3.69. The van der Waals surface area contributed by atoms with Crippen LogP contribution in [0.15, 0.2) is 53.3 Å². The minimum atomic E-state index is -0.180. The average Bonchev–Trinajstić information content (AvgIpc) is 2.98. The van der Waals surface area contributed by atoms with Crippen LogP contribution < -0.4 is 11.0 Å². The Morgan fingerprint density at radius 1 is 1.00 bits per heavy atom. The van der Waals surface area contributed by atoms with Gasteiger partial charge in [-0.05, 0) is 36.8 Å². The molecule has 0 aliphatic heterocycles. The van der Waals surface area contributed by atoms with Crippen molar-refractivity contribution in [2.24, 2.45) is 0 Å². The average molecular weight is 380 g/mol. The number of hydrogen-bond donors (Lipinski definition) is 1.